The van der Waals surface area contributed by atoms with Gasteiger partial charge in [0.25, 0.3) is 5.91 Å². The number of thiazole rings is 1. The van der Waals surface area contributed by atoms with Crippen LogP contribution in [0.5, 0.6) is 0 Å². The van der Waals surface area contributed by atoms with Gasteiger partial charge in [0.2, 0.25) is 11.8 Å². The van der Waals surface area contributed by atoms with Crippen molar-refractivity contribution in [2.24, 2.45) is 0 Å². The molecule has 3 amide bonds. The van der Waals surface area contributed by atoms with Crippen LogP contribution in [0, 0.1) is 6.92 Å². The van der Waals surface area contributed by atoms with E-state index in [-0.39, 0.29) is 24.3 Å². The van der Waals surface area contributed by atoms with Crippen LogP contribution in [0.3, 0.4) is 0 Å². The highest BCUT2D eigenvalue weighted by molar-refractivity contribution is 7.13. The summed E-state index contributed by atoms with van der Waals surface area (Å²) in [5.41, 5.74) is 2.06. The molecule has 0 bridgehead atoms. The lowest BCUT2D eigenvalue weighted by Crippen LogP contribution is -2.32. The van der Waals surface area contributed by atoms with Gasteiger partial charge in [0, 0.05) is 29.6 Å². The fourth-order valence-corrected chi connectivity index (χ4v) is 3.26. The molecule has 130 valence electrons. The fraction of sp³-hybridized carbons (Fsp3) is 0.294. The maximum Gasteiger partial charge on any atom is 0.251 e. The second kappa shape index (κ2) is 7.43. The molecule has 2 N–H and O–H groups in total. The first-order valence-electron chi connectivity index (χ1n) is 7.93. The van der Waals surface area contributed by atoms with Crippen LogP contribution in [-0.4, -0.2) is 35.8 Å². The van der Waals surface area contributed by atoms with Crippen molar-refractivity contribution in [1.29, 1.82) is 0 Å². The lowest BCUT2D eigenvalue weighted by molar-refractivity contribution is -0.117. The van der Waals surface area contributed by atoms with Crippen LogP contribution < -0.4 is 15.5 Å². The number of nitrogens with zero attached hydrogens (tertiary/aromatic N) is 2. The molecule has 1 fully saturated rings. The molecule has 0 atom stereocenters. The number of amides is 3. The van der Waals surface area contributed by atoms with Crippen LogP contribution in [0.15, 0.2) is 29.6 Å². The highest BCUT2D eigenvalue weighted by atomic mass is 32.1. The summed E-state index contributed by atoms with van der Waals surface area (Å²) in [6, 6.07) is 6.80. The summed E-state index contributed by atoms with van der Waals surface area (Å²) in [4.78, 5) is 41.5. The molecular weight excluding hydrogens is 340 g/mol. The van der Waals surface area contributed by atoms with E-state index in [1.165, 1.54) is 11.3 Å². The number of aryl methyl sites for hydroxylation is 1. The van der Waals surface area contributed by atoms with Gasteiger partial charge in [-0.3, -0.25) is 14.4 Å². The molecule has 7 nitrogen and oxygen atoms in total. The van der Waals surface area contributed by atoms with E-state index < -0.39 is 0 Å². The van der Waals surface area contributed by atoms with E-state index in [1.54, 1.807) is 29.2 Å². The number of hydrogen-bond acceptors (Lipinski definition) is 5. The molecule has 1 saturated heterocycles. The average Bonchev–Trinajstić information content (AvgIpc) is 3.21. The van der Waals surface area contributed by atoms with Crippen molar-refractivity contribution in [2.45, 2.75) is 19.8 Å². The molecular formula is C17H18N4O3S. The van der Waals surface area contributed by atoms with Gasteiger partial charge >= 0.3 is 0 Å². The van der Waals surface area contributed by atoms with Gasteiger partial charge in [-0.25, -0.2) is 4.98 Å². The Labute approximate surface area is 149 Å². The van der Waals surface area contributed by atoms with E-state index in [4.69, 9.17) is 0 Å². The summed E-state index contributed by atoms with van der Waals surface area (Å²) in [6.07, 6.45) is 1.42. The van der Waals surface area contributed by atoms with Gasteiger partial charge in [0.1, 0.15) is 0 Å². The summed E-state index contributed by atoms with van der Waals surface area (Å²) in [7, 11) is 0. The second-order valence-electron chi connectivity index (χ2n) is 5.72. The van der Waals surface area contributed by atoms with Gasteiger partial charge < -0.3 is 15.5 Å². The van der Waals surface area contributed by atoms with Crippen LogP contribution in [0.2, 0.25) is 0 Å². The maximum absolute atomic E-state index is 12.1. The quantitative estimate of drug-likeness (QED) is 0.855. The monoisotopic (exact) mass is 358 g/mol. The number of anilines is 2. The van der Waals surface area contributed by atoms with E-state index >= 15 is 0 Å². The Kier molecular flexibility index (Phi) is 5.08. The average molecular weight is 358 g/mol. The van der Waals surface area contributed by atoms with Crippen molar-refractivity contribution in [3.63, 3.8) is 0 Å². The normalized spacial score (nSPS) is 13.8. The summed E-state index contributed by atoms with van der Waals surface area (Å²) in [5.74, 6) is -0.571. The van der Waals surface area contributed by atoms with Gasteiger partial charge in [-0.15, -0.1) is 11.3 Å². The molecule has 0 saturated carbocycles. The molecule has 1 aliphatic heterocycles. The maximum atomic E-state index is 12.1. The molecule has 3 rings (SSSR count). The number of hydrogen-bond donors (Lipinski definition) is 2. The first-order valence-corrected chi connectivity index (χ1v) is 8.81. The largest absolute Gasteiger partial charge is 0.343 e. The minimum atomic E-state index is -0.343. The molecule has 1 aliphatic rings. The van der Waals surface area contributed by atoms with E-state index in [0.717, 1.165) is 17.8 Å². The predicted octanol–water partition coefficient (Wildman–Crippen LogP) is 1.95. The fourth-order valence-electron chi connectivity index (χ4n) is 2.55. The summed E-state index contributed by atoms with van der Waals surface area (Å²) in [6.45, 7) is 2.41. The van der Waals surface area contributed by atoms with Crippen molar-refractivity contribution in [1.82, 2.24) is 10.3 Å². The molecule has 25 heavy (non-hydrogen) atoms. The molecule has 1 aromatic carbocycles. The van der Waals surface area contributed by atoms with E-state index in [2.05, 4.69) is 15.6 Å². The first-order chi connectivity index (χ1) is 12.0. The van der Waals surface area contributed by atoms with Crippen molar-refractivity contribution >= 4 is 39.9 Å². The molecule has 0 radical (unpaired) electrons. The Bertz CT molecular complexity index is 800. The zero-order valence-corrected chi connectivity index (χ0v) is 14.6. The van der Waals surface area contributed by atoms with Crippen molar-refractivity contribution in [3.05, 3.63) is 40.9 Å². The Morgan fingerprint density at radius 1 is 1.28 bits per heavy atom. The number of nitrogens with one attached hydrogen (secondary N) is 2. The third kappa shape index (κ3) is 4.21. The Morgan fingerprint density at radius 2 is 2.04 bits per heavy atom. The van der Waals surface area contributed by atoms with E-state index in [0.29, 0.717) is 23.7 Å². The Morgan fingerprint density at radius 3 is 2.64 bits per heavy atom. The van der Waals surface area contributed by atoms with Crippen LogP contribution in [0.4, 0.5) is 10.8 Å². The summed E-state index contributed by atoms with van der Waals surface area (Å²) >= 11 is 1.33. The molecule has 8 heteroatoms. The third-order valence-corrected chi connectivity index (χ3v) is 4.67. The van der Waals surface area contributed by atoms with Crippen LogP contribution >= 0.6 is 11.3 Å². The molecule has 2 aromatic rings. The molecule has 0 aliphatic carbocycles. The van der Waals surface area contributed by atoms with Crippen LogP contribution in [0.1, 0.15) is 28.9 Å². The number of carbonyl (C=O) groups is 3. The number of carbonyl (C=O) groups excluding carboxylic acids is 3. The zero-order chi connectivity index (χ0) is 17.8. The predicted molar refractivity (Wildman–Crippen MR) is 95.8 cm³/mol. The summed E-state index contributed by atoms with van der Waals surface area (Å²) in [5, 5.41) is 7.54. The van der Waals surface area contributed by atoms with Gasteiger partial charge in [-0.05, 0) is 37.6 Å². The van der Waals surface area contributed by atoms with Crippen LogP contribution in [-0.2, 0) is 9.59 Å². The minimum absolute atomic E-state index is 0.103. The molecule has 2 heterocycles. The van der Waals surface area contributed by atoms with Crippen molar-refractivity contribution < 1.29 is 14.4 Å². The number of aromatic nitrogens is 1. The minimum Gasteiger partial charge on any atom is -0.343 e. The Hall–Kier alpha value is -2.74. The topological polar surface area (TPSA) is 91.4 Å². The first kappa shape index (κ1) is 17.1. The van der Waals surface area contributed by atoms with Crippen molar-refractivity contribution in [3.8, 4) is 0 Å². The highest BCUT2D eigenvalue weighted by Gasteiger charge is 2.21. The second-order valence-corrected chi connectivity index (χ2v) is 6.58. The number of rotatable bonds is 5. The number of benzene rings is 1. The van der Waals surface area contributed by atoms with E-state index in [9.17, 15) is 14.4 Å². The molecule has 1 aromatic heterocycles. The smallest absolute Gasteiger partial charge is 0.251 e. The SMILES string of the molecule is Cc1csc(NC(=O)CNC(=O)c2ccc(N3CCCC3=O)cc2)n1. The van der Waals surface area contributed by atoms with Gasteiger partial charge in [0.15, 0.2) is 5.13 Å². The van der Waals surface area contributed by atoms with E-state index in [1.807, 2.05) is 12.3 Å². The lowest BCUT2D eigenvalue weighted by atomic mass is 10.2. The third-order valence-electron chi connectivity index (χ3n) is 3.79. The zero-order valence-electron chi connectivity index (χ0n) is 13.7. The Balaban J connectivity index is 1.52. The van der Waals surface area contributed by atoms with Gasteiger partial charge in [-0.2, -0.15) is 0 Å². The summed E-state index contributed by atoms with van der Waals surface area (Å²) < 4.78 is 0. The van der Waals surface area contributed by atoms with Gasteiger partial charge in [-0.1, -0.05) is 0 Å². The lowest BCUT2D eigenvalue weighted by Gasteiger charge is -2.15. The molecule has 0 unspecified atom stereocenters. The van der Waals surface area contributed by atoms with Crippen LogP contribution in [0.25, 0.3) is 0 Å². The molecule has 0 spiro atoms. The van der Waals surface area contributed by atoms with Crippen molar-refractivity contribution in [2.75, 3.05) is 23.3 Å². The standard InChI is InChI=1S/C17H18N4O3S/c1-11-10-25-17(19-11)20-14(22)9-18-16(24)12-4-6-13(7-5-12)21-8-2-3-15(21)23/h4-7,10H,2-3,8-9H2,1H3,(H,18,24)(H,19,20,22). The highest BCUT2D eigenvalue weighted by Crippen LogP contribution is 2.21. The van der Waals surface area contributed by atoms with Gasteiger partial charge in [0.05, 0.1) is 12.2 Å².